The van der Waals surface area contributed by atoms with Crippen molar-refractivity contribution in [3.8, 4) is 11.8 Å². The lowest BCUT2D eigenvalue weighted by Crippen LogP contribution is -2.26. The fourth-order valence-electron chi connectivity index (χ4n) is 3.73. The molecule has 7 heteroatoms. The number of pyridine rings is 1. The Morgan fingerprint density at radius 3 is 2.87 bits per heavy atom. The number of aromatic nitrogens is 3. The monoisotopic (exact) mass is 420 g/mol. The van der Waals surface area contributed by atoms with Gasteiger partial charge in [0.05, 0.1) is 0 Å². The van der Waals surface area contributed by atoms with E-state index < -0.39 is 11.8 Å². The van der Waals surface area contributed by atoms with Gasteiger partial charge in [-0.1, -0.05) is 24.8 Å². The molecule has 0 spiro atoms. The van der Waals surface area contributed by atoms with Crippen LogP contribution in [0.5, 0.6) is 0 Å². The largest absolute Gasteiger partial charge is 0.305 e. The van der Waals surface area contributed by atoms with Gasteiger partial charge in [-0.3, -0.25) is 14.5 Å². The number of carbonyl (C=O) groups excluding carboxylic acids is 1. The van der Waals surface area contributed by atoms with Gasteiger partial charge in [-0.05, 0) is 49.6 Å². The van der Waals surface area contributed by atoms with Crippen molar-refractivity contribution in [1.29, 1.82) is 0 Å². The van der Waals surface area contributed by atoms with Crippen LogP contribution in [0.4, 0.5) is 14.6 Å². The van der Waals surface area contributed by atoms with Gasteiger partial charge in [0, 0.05) is 47.6 Å². The lowest BCUT2D eigenvalue weighted by Gasteiger charge is -2.24. The van der Waals surface area contributed by atoms with E-state index in [9.17, 15) is 13.6 Å². The summed E-state index contributed by atoms with van der Waals surface area (Å²) >= 11 is 0. The van der Waals surface area contributed by atoms with E-state index in [1.165, 1.54) is 4.68 Å². The van der Waals surface area contributed by atoms with Gasteiger partial charge in [0.1, 0.15) is 5.69 Å². The Balaban J connectivity index is 1.62. The average Bonchev–Trinajstić information content (AvgIpc) is 3.12. The Hall–Kier alpha value is -3.53. The molecule has 4 rings (SSSR count). The fraction of sp³-hybridized carbons (Fsp3) is 0.292. The topological polar surface area (TPSA) is 59.8 Å². The first kappa shape index (κ1) is 20.7. The molecule has 5 nitrogen and oxygen atoms in total. The summed E-state index contributed by atoms with van der Waals surface area (Å²) in [6, 6.07) is 8.87. The number of amides is 1. The maximum absolute atomic E-state index is 14.4. The van der Waals surface area contributed by atoms with Gasteiger partial charge in [0.25, 0.3) is 11.8 Å². The summed E-state index contributed by atoms with van der Waals surface area (Å²) in [5, 5.41) is 7.00. The Morgan fingerprint density at radius 2 is 2.13 bits per heavy atom. The normalized spacial score (nSPS) is 14.3. The van der Waals surface area contributed by atoms with E-state index >= 15 is 0 Å². The number of alkyl halides is 2. The number of fused-ring (bicyclic) bond motifs is 1. The quantitative estimate of drug-likeness (QED) is 0.626. The summed E-state index contributed by atoms with van der Waals surface area (Å²) in [6.07, 6.45) is 3.86. The second-order valence-electron chi connectivity index (χ2n) is 7.54. The molecule has 0 fully saturated rings. The zero-order chi connectivity index (χ0) is 22.0. The highest BCUT2D eigenvalue weighted by molar-refractivity contribution is 6.04. The first-order valence-electron chi connectivity index (χ1n) is 10.2. The van der Waals surface area contributed by atoms with Crippen LogP contribution in [0.25, 0.3) is 0 Å². The molecular weight excluding hydrogens is 398 g/mol. The molecule has 1 N–H and O–H groups in total. The van der Waals surface area contributed by atoms with Crippen molar-refractivity contribution < 1.29 is 13.6 Å². The highest BCUT2D eigenvalue weighted by atomic mass is 19.3. The van der Waals surface area contributed by atoms with Crippen molar-refractivity contribution in [3.63, 3.8) is 0 Å². The number of anilines is 1. The lowest BCUT2D eigenvalue weighted by atomic mass is 10.0. The molecule has 0 unspecified atom stereocenters. The maximum Gasteiger partial charge on any atom is 0.289 e. The molecule has 1 aliphatic rings. The molecular formula is C24H22F2N4O. The van der Waals surface area contributed by atoms with Gasteiger partial charge in [-0.15, -0.1) is 0 Å². The Kier molecular flexibility index (Phi) is 5.55. The molecule has 0 atom stereocenters. The SMILES string of the molecule is CCc1c(NC(=O)c2ccc(C)c(C#Cc3cccnc3)c2)nn2c1C(F)(F)CCC2. The second-order valence-corrected chi connectivity index (χ2v) is 7.54. The van der Waals surface area contributed by atoms with E-state index in [2.05, 4.69) is 27.2 Å². The van der Waals surface area contributed by atoms with E-state index in [4.69, 9.17) is 0 Å². The number of hydrogen-bond acceptors (Lipinski definition) is 3. The fourth-order valence-corrected chi connectivity index (χ4v) is 3.73. The first-order chi connectivity index (χ1) is 14.9. The van der Waals surface area contributed by atoms with Crippen LogP contribution in [-0.4, -0.2) is 20.7 Å². The third-order valence-corrected chi connectivity index (χ3v) is 5.35. The average molecular weight is 420 g/mol. The molecule has 158 valence electrons. The summed E-state index contributed by atoms with van der Waals surface area (Å²) < 4.78 is 30.2. The van der Waals surface area contributed by atoms with E-state index in [1.54, 1.807) is 37.5 Å². The van der Waals surface area contributed by atoms with Crippen LogP contribution in [0.15, 0.2) is 42.7 Å². The van der Waals surface area contributed by atoms with Crippen LogP contribution in [0.3, 0.4) is 0 Å². The predicted octanol–water partition coefficient (Wildman–Crippen LogP) is 4.69. The van der Waals surface area contributed by atoms with Gasteiger partial charge < -0.3 is 5.32 Å². The van der Waals surface area contributed by atoms with Crippen molar-refractivity contribution in [2.75, 3.05) is 5.32 Å². The molecule has 0 saturated heterocycles. The summed E-state index contributed by atoms with van der Waals surface area (Å²) in [5.41, 5.74) is 3.11. The smallest absolute Gasteiger partial charge is 0.289 e. The number of benzene rings is 1. The van der Waals surface area contributed by atoms with Crippen LogP contribution < -0.4 is 5.32 Å². The van der Waals surface area contributed by atoms with Crippen molar-refractivity contribution in [2.24, 2.45) is 0 Å². The van der Waals surface area contributed by atoms with E-state index in [1.807, 2.05) is 19.1 Å². The molecule has 1 aromatic carbocycles. The van der Waals surface area contributed by atoms with E-state index in [0.717, 1.165) is 11.1 Å². The Morgan fingerprint density at radius 1 is 1.29 bits per heavy atom. The summed E-state index contributed by atoms with van der Waals surface area (Å²) in [7, 11) is 0. The lowest BCUT2D eigenvalue weighted by molar-refractivity contribution is -0.0372. The number of nitrogens with zero attached hydrogens (tertiary/aromatic N) is 3. The molecule has 1 amide bonds. The third-order valence-electron chi connectivity index (χ3n) is 5.35. The number of halogens is 2. The van der Waals surface area contributed by atoms with Crippen molar-refractivity contribution in [2.45, 2.75) is 45.6 Å². The third kappa shape index (κ3) is 4.19. The van der Waals surface area contributed by atoms with Gasteiger partial charge >= 0.3 is 0 Å². The summed E-state index contributed by atoms with van der Waals surface area (Å²) in [5.74, 6) is 2.97. The number of hydrogen-bond donors (Lipinski definition) is 1. The minimum atomic E-state index is -2.93. The van der Waals surface area contributed by atoms with Gasteiger partial charge in [0.15, 0.2) is 5.82 Å². The maximum atomic E-state index is 14.4. The Labute approximate surface area is 179 Å². The zero-order valence-electron chi connectivity index (χ0n) is 17.4. The van der Waals surface area contributed by atoms with Crippen LogP contribution >= 0.6 is 0 Å². The van der Waals surface area contributed by atoms with Crippen molar-refractivity contribution in [1.82, 2.24) is 14.8 Å². The zero-order valence-corrected chi connectivity index (χ0v) is 17.4. The number of carbonyl (C=O) groups is 1. The minimum Gasteiger partial charge on any atom is -0.305 e. The molecule has 31 heavy (non-hydrogen) atoms. The highest BCUT2D eigenvalue weighted by Gasteiger charge is 2.41. The minimum absolute atomic E-state index is 0.0801. The van der Waals surface area contributed by atoms with Crippen LogP contribution in [0.1, 0.15) is 58.1 Å². The van der Waals surface area contributed by atoms with Gasteiger partial charge in [0.2, 0.25) is 0 Å². The van der Waals surface area contributed by atoms with E-state index in [-0.39, 0.29) is 17.9 Å². The highest BCUT2D eigenvalue weighted by Crippen LogP contribution is 2.41. The first-order valence-corrected chi connectivity index (χ1v) is 10.2. The molecule has 0 bridgehead atoms. The molecule has 0 radical (unpaired) electrons. The van der Waals surface area contributed by atoms with Gasteiger partial charge in [-0.25, -0.2) is 0 Å². The number of aryl methyl sites for hydroxylation is 2. The number of rotatable bonds is 3. The standard InChI is InChI=1S/C24H22F2N4O/c1-3-20-21-24(25,26)11-5-13-30(21)29-22(20)28-23(31)19-9-7-16(2)18(14-19)10-8-17-6-4-12-27-15-17/h4,6-7,9,12,14-15H,3,5,11,13H2,1-2H3,(H,28,29,31). The van der Waals surface area contributed by atoms with E-state index in [0.29, 0.717) is 36.1 Å². The van der Waals surface area contributed by atoms with Crippen molar-refractivity contribution in [3.05, 3.63) is 76.2 Å². The molecule has 1 aliphatic heterocycles. The molecule has 0 saturated carbocycles. The van der Waals surface area contributed by atoms with Gasteiger partial charge in [-0.2, -0.15) is 13.9 Å². The predicted molar refractivity (Wildman–Crippen MR) is 114 cm³/mol. The molecule has 3 aromatic rings. The number of nitrogens with one attached hydrogen (secondary N) is 1. The molecule has 2 aromatic heterocycles. The summed E-state index contributed by atoms with van der Waals surface area (Å²) in [6.45, 7) is 4.12. The summed E-state index contributed by atoms with van der Waals surface area (Å²) in [4.78, 5) is 16.9. The van der Waals surface area contributed by atoms with Crippen molar-refractivity contribution >= 4 is 11.7 Å². The van der Waals surface area contributed by atoms with Crippen LogP contribution in [0.2, 0.25) is 0 Å². The Bertz CT molecular complexity index is 1190. The van der Waals surface area contributed by atoms with Crippen LogP contribution in [-0.2, 0) is 18.9 Å². The van der Waals surface area contributed by atoms with Crippen LogP contribution in [0, 0.1) is 18.8 Å². The molecule has 0 aliphatic carbocycles. The second kappa shape index (κ2) is 8.31. The molecule has 3 heterocycles.